The molecule has 0 atom stereocenters. The fourth-order valence-electron chi connectivity index (χ4n) is 2.45. The summed E-state index contributed by atoms with van der Waals surface area (Å²) in [4.78, 5) is 16.5. The zero-order valence-corrected chi connectivity index (χ0v) is 11.3. The molecule has 1 heterocycles. The van der Waals surface area contributed by atoms with Gasteiger partial charge in [-0.3, -0.25) is 4.79 Å². The van der Waals surface area contributed by atoms with Gasteiger partial charge in [0.05, 0.1) is 11.6 Å². The van der Waals surface area contributed by atoms with Gasteiger partial charge in [0.2, 0.25) is 0 Å². The van der Waals surface area contributed by atoms with Crippen molar-refractivity contribution in [2.24, 2.45) is 0 Å². The molecule has 0 bridgehead atoms. The number of carbonyl (C=O) groups excluding carboxylic acids is 1. The van der Waals surface area contributed by atoms with E-state index in [1.807, 2.05) is 24.3 Å². The van der Waals surface area contributed by atoms with E-state index in [1.165, 1.54) is 0 Å². The van der Waals surface area contributed by atoms with Gasteiger partial charge in [0.25, 0.3) is 5.91 Å². The molecule has 1 amide bonds. The molecule has 1 fully saturated rings. The summed E-state index contributed by atoms with van der Waals surface area (Å²) in [7, 11) is 1.69. The highest BCUT2D eigenvalue weighted by molar-refractivity contribution is 5.99. The molecule has 0 saturated heterocycles. The minimum absolute atomic E-state index is 0.168. The Hall–Kier alpha value is -2.14. The van der Waals surface area contributed by atoms with Crippen LogP contribution in [0.3, 0.4) is 0 Å². The normalized spacial score (nSPS) is 21.4. The average Bonchev–Trinajstić information content (AvgIpc) is 2.42. The fraction of sp³-hybridized carbons (Fsp3) is 0.333. The van der Waals surface area contributed by atoms with Crippen molar-refractivity contribution in [3.63, 3.8) is 0 Å². The molecule has 5 heteroatoms. The van der Waals surface area contributed by atoms with Crippen molar-refractivity contribution >= 4 is 22.5 Å². The number of benzene rings is 1. The van der Waals surface area contributed by atoms with E-state index in [9.17, 15) is 4.79 Å². The van der Waals surface area contributed by atoms with E-state index >= 15 is 0 Å². The molecule has 0 unspecified atom stereocenters. The predicted octanol–water partition coefficient (Wildman–Crippen LogP) is 1.72. The van der Waals surface area contributed by atoms with Gasteiger partial charge in [0.15, 0.2) is 0 Å². The quantitative estimate of drug-likeness (QED) is 0.891. The number of pyridine rings is 1. The molecule has 1 aromatic carbocycles. The van der Waals surface area contributed by atoms with Crippen molar-refractivity contribution in [3.05, 3.63) is 36.0 Å². The topological polar surface area (TPSA) is 77.2 Å². The number of ether oxygens (including phenoxy) is 1. The van der Waals surface area contributed by atoms with Crippen LogP contribution in [0.1, 0.15) is 23.3 Å². The van der Waals surface area contributed by atoms with Crippen molar-refractivity contribution in [1.29, 1.82) is 0 Å². The van der Waals surface area contributed by atoms with Crippen molar-refractivity contribution in [1.82, 2.24) is 10.3 Å². The number of amides is 1. The van der Waals surface area contributed by atoms with Crippen LogP contribution in [0, 0.1) is 0 Å². The van der Waals surface area contributed by atoms with Gasteiger partial charge in [-0.15, -0.1) is 0 Å². The zero-order chi connectivity index (χ0) is 14.1. The second-order valence-electron chi connectivity index (χ2n) is 5.11. The minimum atomic E-state index is -0.179. The molecule has 1 aromatic heterocycles. The molecular formula is C15H17N3O2. The number of hydrogen-bond donors (Lipinski definition) is 2. The van der Waals surface area contributed by atoms with Gasteiger partial charge in [-0.2, -0.15) is 0 Å². The summed E-state index contributed by atoms with van der Waals surface area (Å²) in [6, 6.07) is 9.33. The highest BCUT2D eigenvalue weighted by Crippen LogP contribution is 2.24. The summed E-state index contributed by atoms with van der Waals surface area (Å²) in [5, 5.41) is 3.82. The highest BCUT2D eigenvalue weighted by Gasteiger charge is 2.30. The number of hydrogen-bond acceptors (Lipinski definition) is 4. The smallest absolute Gasteiger partial charge is 0.270 e. The fourth-order valence-corrected chi connectivity index (χ4v) is 2.45. The number of nitrogens with zero attached hydrogens (tertiary/aromatic N) is 1. The van der Waals surface area contributed by atoms with Crippen molar-refractivity contribution in [3.8, 4) is 0 Å². The second-order valence-corrected chi connectivity index (χ2v) is 5.11. The standard InChI is InChI=1S/C15H17N3O2/c1-20-10-6-9(7-10)17-15(19)14-8-12(16)11-4-2-3-5-13(11)18-14/h2-5,8-10H,6-7H2,1H3,(H2,16,18)(H,17,19). The van der Waals surface area contributed by atoms with Crippen LogP contribution >= 0.6 is 0 Å². The first kappa shape index (κ1) is 12.9. The van der Waals surface area contributed by atoms with Crippen LogP contribution in [0.25, 0.3) is 10.9 Å². The number of para-hydroxylation sites is 1. The molecule has 1 aliphatic rings. The lowest BCUT2D eigenvalue weighted by Crippen LogP contribution is -2.47. The van der Waals surface area contributed by atoms with E-state index in [-0.39, 0.29) is 18.1 Å². The van der Waals surface area contributed by atoms with Crippen LogP contribution in [-0.4, -0.2) is 30.1 Å². The maximum absolute atomic E-state index is 12.2. The summed E-state index contributed by atoms with van der Waals surface area (Å²) >= 11 is 0. The first-order valence-electron chi connectivity index (χ1n) is 6.66. The molecule has 5 nitrogen and oxygen atoms in total. The minimum Gasteiger partial charge on any atom is -0.398 e. The number of carbonyl (C=O) groups is 1. The van der Waals surface area contributed by atoms with Gasteiger partial charge >= 0.3 is 0 Å². The number of nitrogens with two attached hydrogens (primary N) is 1. The van der Waals surface area contributed by atoms with E-state index < -0.39 is 0 Å². The third-order valence-electron chi connectivity index (χ3n) is 3.74. The first-order chi connectivity index (χ1) is 9.67. The molecule has 2 aromatic rings. The number of fused-ring (bicyclic) bond motifs is 1. The zero-order valence-electron chi connectivity index (χ0n) is 11.3. The van der Waals surface area contributed by atoms with E-state index in [4.69, 9.17) is 10.5 Å². The highest BCUT2D eigenvalue weighted by atomic mass is 16.5. The van der Waals surface area contributed by atoms with Gasteiger partial charge in [0, 0.05) is 24.2 Å². The summed E-state index contributed by atoms with van der Waals surface area (Å²) in [6.45, 7) is 0. The van der Waals surface area contributed by atoms with E-state index in [2.05, 4.69) is 10.3 Å². The van der Waals surface area contributed by atoms with Crippen molar-refractivity contribution < 1.29 is 9.53 Å². The predicted molar refractivity (Wildman–Crippen MR) is 77.4 cm³/mol. The van der Waals surface area contributed by atoms with E-state index in [0.29, 0.717) is 11.4 Å². The third kappa shape index (κ3) is 2.32. The van der Waals surface area contributed by atoms with Crippen LogP contribution in [0.2, 0.25) is 0 Å². The molecule has 104 valence electrons. The molecule has 3 rings (SSSR count). The number of nitrogens with one attached hydrogen (secondary N) is 1. The van der Waals surface area contributed by atoms with Crippen LogP contribution in [0.4, 0.5) is 5.69 Å². The Bertz CT molecular complexity index is 651. The Balaban J connectivity index is 1.78. The first-order valence-corrected chi connectivity index (χ1v) is 6.66. The number of nitrogen functional groups attached to an aromatic ring is 1. The molecule has 20 heavy (non-hydrogen) atoms. The number of methoxy groups -OCH3 is 1. The largest absolute Gasteiger partial charge is 0.398 e. The molecule has 0 radical (unpaired) electrons. The lowest BCUT2D eigenvalue weighted by molar-refractivity contribution is 0.0175. The Morgan fingerprint density at radius 2 is 2.15 bits per heavy atom. The van der Waals surface area contributed by atoms with Gasteiger partial charge in [0.1, 0.15) is 5.69 Å². The summed E-state index contributed by atoms with van der Waals surface area (Å²) in [5.74, 6) is -0.179. The maximum atomic E-state index is 12.2. The molecule has 0 spiro atoms. The van der Waals surface area contributed by atoms with Crippen molar-refractivity contribution in [2.45, 2.75) is 25.0 Å². The molecular weight excluding hydrogens is 254 g/mol. The Morgan fingerprint density at radius 1 is 1.40 bits per heavy atom. The lowest BCUT2D eigenvalue weighted by atomic mass is 9.89. The van der Waals surface area contributed by atoms with Gasteiger partial charge < -0.3 is 15.8 Å². The Kier molecular flexibility index (Phi) is 3.28. The Morgan fingerprint density at radius 3 is 2.90 bits per heavy atom. The van der Waals surface area contributed by atoms with Crippen LogP contribution in [-0.2, 0) is 4.74 Å². The van der Waals surface area contributed by atoms with Crippen LogP contribution < -0.4 is 11.1 Å². The lowest BCUT2D eigenvalue weighted by Gasteiger charge is -2.34. The summed E-state index contributed by atoms with van der Waals surface area (Å²) in [6.07, 6.45) is 1.96. The monoisotopic (exact) mass is 271 g/mol. The summed E-state index contributed by atoms with van der Waals surface area (Å²) in [5.41, 5.74) is 7.65. The van der Waals surface area contributed by atoms with Gasteiger partial charge in [-0.1, -0.05) is 18.2 Å². The third-order valence-corrected chi connectivity index (χ3v) is 3.74. The molecule has 0 aliphatic heterocycles. The molecule has 1 saturated carbocycles. The average molecular weight is 271 g/mol. The van der Waals surface area contributed by atoms with Gasteiger partial charge in [-0.25, -0.2) is 4.98 Å². The number of anilines is 1. The maximum Gasteiger partial charge on any atom is 0.270 e. The molecule has 1 aliphatic carbocycles. The van der Waals surface area contributed by atoms with E-state index in [0.717, 1.165) is 23.7 Å². The van der Waals surface area contributed by atoms with E-state index in [1.54, 1.807) is 13.2 Å². The number of aromatic nitrogens is 1. The SMILES string of the molecule is COC1CC(NC(=O)c2cc(N)c3ccccc3n2)C1. The van der Waals surface area contributed by atoms with Crippen LogP contribution in [0.15, 0.2) is 30.3 Å². The summed E-state index contributed by atoms with van der Waals surface area (Å²) < 4.78 is 5.19. The second kappa shape index (κ2) is 5.09. The number of rotatable bonds is 3. The van der Waals surface area contributed by atoms with Crippen molar-refractivity contribution in [2.75, 3.05) is 12.8 Å². The van der Waals surface area contributed by atoms with Crippen LogP contribution in [0.5, 0.6) is 0 Å². The Labute approximate surface area is 117 Å². The van der Waals surface area contributed by atoms with Gasteiger partial charge in [-0.05, 0) is 25.0 Å². The molecule has 3 N–H and O–H groups in total.